The molecule has 0 aromatic heterocycles. The first kappa shape index (κ1) is 40.1. The van der Waals surface area contributed by atoms with Gasteiger partial charge in [-0.25, -0.2) is 0 Å². The maximum atomic E-state index is 14.0. The lowest BCUT2D eigenvalue weighted by molar-refractivity contribution is -0.160. The Morgan fingerprint density at radius 3 is 2.19 bits per heavy atom. The lowest BCUT2D eigenvalue weighted by atomic mass is 9.78. The molecule has 1 aromatic rings. The summed E-state index contributed by atoms with van der Waals surface area (Å²) in [5.74, 6) is -9.78. The molecule has 0 saturated heterocycles. The van der Waals surface area contributed by atoms with Crippen LogP contribution in [0, 0.1) is 30.6 Å². The summed E-state index contributed by atoms with van der Waals surface area (Å²) >= 11 is 0. The Morgan fingerprint density at radius 1 is 0.942 bits per heavy atom. The molecule has 0 fully saturated rings. The Labute approximate surface area is 301 Å². The minimum Gasteiger partial charge on any atom is -0.507 e. The number of phenols is 1. The van der Waals surface area contributed by atoms with Gasteiger partial charge < -0.3 is 44.7 Å². The highest BCUT2D eigenvalue weighted by Crippen LogP contribution is 2.48. The van der Waals surface area contributed by atoms with Gasteiger partial charge in [-0.05, 0) is 19.9 Å². The maximum Gasteiger partial charge on any atom is 0.312 e. The Bertz CT molecular complexity index is 1790. The number of aromatic hydroxyl groups is 1. The average molecular weight is 726 g/mol. The number of aliphatic hydroxyl groups is 3. The molecule has 0 saturated carbocycles. The number of benzene rings is 1. The summed E-state index contributed by atoms with van der Waals surface area (Å²) in [5.41, 5.74) is -2.42. The number of rotatable bonds is 3. The van der Waals surface area contributed by atoms with Crippen LogP contribution in [0.25, 0.3) is 0 Å². The van der Waals surface area contributed by atoms with Crippen LogP contribution >= 0.6 is 0 Å². The van der Waals surface area contributed by atoms with Gasteiger partial charge in [-0.3, -0.25) is 24.0 Å². The number of carbonyl (C=O) groups excluding carboxylic acids is 5. The molecule has 1 aliphatic carbocycles. The fourth-order valence-corrected chi connectivity index (χ4v) is 6.91. The number of hydrogen-bond donors (Lipinski definition) is 5. The van der Waals surface area contributed by atoms with E-state index >= 15 is 0 Å². The zero-order valence-corrected chi connectivity index (χ0v) is 30.7. The van der Waals surface area contributed by atoms with E-state index in [2.05, 4.69) is 5.32 Å². The monoisotopic (exact) mass is 725 g/mol. The number of Topliss-reactive ketones (excluding diaryl/α,β-unsaturated/α-hetero) is 3. The van der Waals surface area contributed by atoms with Gasteiger partial charge in [0.15, 0.2) is 5.78 Å². The van der Waals surface area contributed by atoms with Crippen LogP contribution in [-0.2, 0) is 23.8 Å². The Hall–Kier alpha value is -4.63. The molecule has 14 nitrogen and oxygen atoms in total. The molecule has 9 unspecified atom stereocenters. The second kappa shape index (κ2) is 15.5. The van der Waals surface area contributed by atoms with Crippen LogP contribution in [0.15, 0.2) is 47.4 Å². The molecule has 9 atom stereocenters. The van der Waals surface area contributed by atoms with E-state index in [0.717, 1.165) is 6.26 Å². The lowest BCUT2D eigenvalue weighted by Crippen LogP contribution is -2.46. The fourth-order valence-electron chi connectivity index (χ4n) is 6.91. The molecular weight excluding hydrogens is 678 g/mol. The molecule has 1 amide bonds. The molecule has 5 bridgehead atoms. The highest BCUT2D eigenvalue weighted by atomic mass is 16.7. The molecule has 52 heavy (non-hydrogen) atoms. The molecule has 0 spiro atoms. The predicted molar refractivity (Wildman–Crippen MR) is 185 cm³/mol. The number of ether oxygens (including phenoxy) is 4. The number of phenolic OH excluding ortho intramolecular Hbond substituents is 1. The molecule has 5 N–H and O–H groups in total. The van der Waals surface area contributed by atoms with Gasteiger partial charge >= 0.3 is 11.8 Å². The zero-order chi connectivity index (χ0) is 39.0. The fraction of sp³-hybridized carbons (Fsp3) is 0.500. The molecule has 3 aliphatic heterocycles. The quantitative estimate of drug-likeness (QED) is 0.284. The van der Waals surface area contributed by atoms with Crippen molar-refractivity contribution < 1.29 is 63.3 Å². The van der Waals surface area contributed by atoms with Gasteiger partial charge in [0.1, 0.15) is 17.6 Å². The van der Waals surface area contributed by atoms with Crippen LogP contribution in [0.5, 0.6) is 11.5 Å². The van der Waals surface area contributed by atoms with Gasteiger partial charge in [0.05, 0.1) is 59.1 Å². The standard InChI is InChI=1S/C38H47NO13/c1-16-11-10-12-17(2)37(48)39-28-23(15-40)32(45)25-26(33(28)46)31(44)21(6)35-27(25)36(47)38(8,52-35)50-14-13-24(49-9)18(3)34(51-22(7)41)20(5)30(43)19(4)29(16)42/h10-14,16,18-20,24,29-30,34,40,42-44H,15H2,1-9H3,(H,39,48). The van der Waals surface area contributed by atoms with Crippen molar-refractivity contribution >= 4 is 29.2 Å². The summed E-state index contributed by atoms with van der Waals surface area (Å²) in [6.45, 7) is 11.1. The second-order valence-electron chi connectivity index (χ2n) is 13.8. The third kappa shape index (κ3) is 7.20. The zero-order valence-electron chi connectivity index (χ0n) is 30.7. The third-order valence-corrected chi connectivity index (χ3v) is 10.2. The van der Waals surface area contributed by atoms with E-state index in [1.165, 1.54) is 53.0 Å². The lowest BCUT2D eigenvalue weighted by Gasteiger charge is -2.38. The summed E-state index contributed by atoms with van der Waals surface area (Å²) in [4.78, 5) is 67.3. The number of ketones is 3. The second-order valence-corrected chi connectivity index (χ2v) is 13.8. The first-order chi connectivity index (χ1) is 24.3. The van der Waals surface area contributed by atoms with Crippen LogP contribution in [-0.4, -0.2) is 93.6 Å². The number of allylic oxidation sites excluding steroid dienone is 3. The van der Waals surface area contributed by atoms with Gasteiger partial charge in [0.2, 0.25) is 5.78 Å². The van der Waals surface area contributed by atoms with E-state index in [1.54, 1.807) is 33.8 Å². The Morgan fingerprint density at radius 2 is 1.60 bits per heavy atom. The number of hydrogen-bond acceptors (Lipinski definition) is 13. The van der Waals surface area contributed by atoms with E-state index in [4.69, 9.17) is 18.9 Å². The summed E-state index contributed by atoms with van der Waals surface area (Å²) in [6, 6.07) is 0. The van der Waals surface area contributed by atoms with Crippen molar-refractivity contribution in [3.05, 3.63) is 69.7 Å². The first-order valence-electron chi connectivity index (χ1n) is 17.0. The van der Waals surface area contributed by atoms with E-state index in [-0.39, 0.29) is 22.4 Å². The molecule has 4 aliphatic rings. The predicted octanol–water partition coefficient (Wildman–Crippen LogP) is 2.99. The minimum atomic E-state index is -2.10. The minimum absolute atomic E-state index is 0.0462. The first-order valence-corrected chi connectivity index (χ1v) is 17.0. The number of aliphatic hydroxyl groups excluding tert-OH is 3. The molecule has 0 radical (unpaired) electrons. The number of fused-ring (bicyclic) bond motifs is 14. The SMILES string of the molecule is COC1C=COC2(C)Oc3c(C)c(O)c4c(c3C2=O)C(=O)C(CO)=C(NC(=O)C(C)=CC=CC(C)C(O)C(C)C(O)C(C)C(OC(C)=O)C1C)C4=O. The van der Waals surface area contributed by atoms with E-state index in [0.29, 0.717) is 0 Å². The summed E-state index contributed by atoms with van der Waals surface area (Å²) in [6.07, 6.45) is 3.16. The summed E-state index contributed by atoms with van der Waals surface area (Å²) < 4.78 is 23.1. The van der Waals surface area contributed by atoms with Gasteiger partial charge in [-0.15, -0.1) is 0 Å². The van der Waals surface area contributed by atoms with E-state index in [1.807, 2.05) is 0 Å². The Balaban J connectivity index is 1.88. The average Bonchev–Trinajstić information content (AvgIpc) is 3.36. The highest BCUT2D eigenvalue weighted by Gasteiger charge is 2.52. The topological polar surface area (TPSA) is 215 Å². The van der Waals surface area contributed by atoms with Crippen LogP contribution < -0.4 is 10.1 Å². The van der Waals surface area contributed by atoms with Crippen molar-refractivity contribution in [1.29, 1.82) is 0 Å². The van der Waals surface area contributed by atoms with Crippen LogP contribution in [0.2, 0.25) is 0 Å². The molecular formula is C38H47NO13. The van der Waals surface area contributed by atoms with Gasteiger partial charge in [0, 0.05) is 55.8 Å². The molecule has 282 valence electrons. The highest BCUT2D eigenvalue weighted by molar-refractivity contribution is 6.32. The van der Waals surface area contributed by atoms with Crippen molar-refractivity contribution in [3.8, 4) is 11.5 Å². The molecule has 1 aromatic carbocycles. The van der Waals surface area contributed by atoms with Crippen LogP contribution in [0.1, 0.15) is 85.1 Å². The normalized spacial score (nSPS) is 31.6. The number of carbonyl (C=O) groups is 5. The van der Waals surface area contributed by atoms with Gasteiger partial charge in [-0.2, -0.15) is 0 Å². The Kier molecular flexibility index (Phi) is 12.0. The summed E-state index contributed by atoms with van der Waals surface area (Å²) in [7, 11) is 1.40. The number of nitrogens with one attached hydrogen (secondary N) is 1. The largest absolute Gasteiger partial charge is 0.507 e. The van der Waals surface area contributed by atoms with Crippen LogP contribution in [0.3, 0.4) is 0 Å². The number of methoxy groups -OCH3 is 1. The van der Waals surface area contributed by atoms with E-state index < -0.39 is 118 Å². The van der Waals surface area contributed by atoms with Crippen molar-refractivity contribution in [2.24, 2.45) is 23.7 Å². The number of amides is 1. The van der Waals surface area contributed by atoms with Crippen LogP contribution in [0.4, 0.5) is 0 Å². The molecule has 3 heterocycles. The smallest absolute Gasteiger partial charge is 0.312 e. The van der Waals surface area contributed by atoms with Gasteiger partial charge in [-0.1, -0.05) is 45.9 Å². The van der Waals surface area contributed by atoms with Crippen molar-refractivity contribution in [3.63, 3.8) is 0 Å². The summed E-state index contributed by atoms with van der Waals surface area (Å²) in [5, 5.41) is 46.4. The van der Waals surface area contributed by atoms with Crippen molar-refractivity contribution in [1.82, 2.24) is 5.32 Å². The van der Waals surface area contributed by atoms with Crippen molar-refractivity contribution in [2.45, 2.75) is 85.6 Å². The number of esters is 1. The molecule has 14 heteroatoms. The maximum absolute atomic E-state index is 14.0. The molecule has 5 rings (SSSR count). The third-order valence-electron chi connectivity index (χ3n) is 10.2. The van der Waals surface area contributed by atoms with Crippen molar-refractivity contribution in [2.75, 3.05) is 13.7 Å². The van der Waals surface area contributed by atoms with E-state index in [9.17, 15) is 44.4 Å². The van der Waals surface area contributed by atoms with Gasteiger partial charge in [0.25, 0.3) is 11.7 Å².